The summed E-state index contributed by atoms with van der Waals surface area (Å²) in [5.74, 6) is -1.07. The van der Waals surface area contributed by atoms with Gasteiger partial charge in [0.25, 0.3) is 5.91 Å². The molecular formula is C11H15NO5. The van der Waals surface area contributed by atoms with Gasteiger partial charge in [0.05, 0.1) is 12.2 Å². The smallest absolute Gasteiger partial charge is 0.255 e. The first-order valence-corrected chi connectivity index (χ1v) is 4.99. The van der Waals surface area contributed by atoms with Crippen molar-refractivity contribution in [2.75, 3.05) is 13.2 Å². The van der Waals surface area contributed by atoms with Crippen molar-refractivity contribution in [2.24, 2.45) is 0 Å². The predicted octanol–water partition coefficient (Wildman–Crippen LogP) is -0.429. The van der Waals surface area contributed by atoms with Crippen LogP contribution in [0.5, 0.6) is 11.5 Å². The van der Waals surface area contributed by atoms with Crippen molar-refractivity contribution in [3.63, 3.8) is 0 Å². The van der Waals surface area contributed by atoms with Gasteiger partial charge in [-0.1, -0.05) is 0 Å². The number of benzene rings is 1. The van der Waals surface area contributed by atoms with E-state index in [9.17, 15) is 20.1 Å². The van der Waals surface area contributed by atoms with Gasteiger partial charge in [-0.25, -0.2) is 0 Å². The summed E-state index contributed by atoms with van der Waals surface area (Å²) in [5.41, 5.74) is -1.53. The van der Waals surface area contributed by atoms with Crippen LogP contribution < -0.4 is 5.32 Å². The maximum atomic E-state index is 11.6. The minimum atomic E-state index is -1.43. The van der Waals surface area contributed by atoms with E-state index < -0.39 is 18.1 Å². The van der Waals surface area contributed by atoms with E-state index in [1.807, 2.05) is 0 Å². The van der Waals surface area contributed by atoms with Crippen LogP contribution in [-0.2, 0) is 0 Å². The second kappa shape index (κ2) is 5.03. The highest BCUT2D eigenvalue weighted by molar-refractivity contribution is 5.97. The molecule has 0 heterocycles. The summed E-state index contributed by atoms with van der Waals surface area (Å²) in [4.78, 5) is 11.6. The Morgan fingerprint density at radius 2 is 2.06 bits per heavy atom. The first-order valence-electron chi connectivity index (χ1n) is 4.99. The van der Waals surface area contributed by atoms with E-state index in [-0.39, 0.29) is 23.6 Å². The monoisotopic (exact) mass is 241 g/mol. The number of aromatic hydroxyl groups is 2. The summed E-state index contributed by atoms with van der Waals surface area (Å²) in [6, 6.07) is 3.54. The van der Waals surface area contributed by atoms with Crippen molar-refractivity contribution >= 4 is 5.91 Å². The molecule has 0 fully saturated rings. The summed E-state index contributed by atoms with van der Waals surface area (Å²) in [5, 5.41) is 39.2. The number of hydrogen-bond acceptors (Lipinski definition) is 5. The quantitative estimate of drug-likeness (QED) is 0.459. The molecule has 0 aliphatic carbocycles. The van der Waals surface area contributed by atoms with E-state index in [0.717, 1.165) is 6.07 Å². The van der Waals surface area contributed by atoms with Crippen molar-refractivity contribution in [2.45, 2.75) is 12.5 Å². The van der Waals surface area contributed by atoms with Crippen LogP contribution in [0, 0.1) is 0 Å². The molecule has 94 valence electrons. The van der Waals surface area contributed by atoms with Gasteiger partial charge in [0, 0.05) is 6.54 Å². The molecule has 1 aromatic rings. The van der Waals surface area contributed by atoms with Crippen molar-refractivity contribution in [3.05, 3.63) is 23.8 Å². The molecule has 6 heteroatoms. The highest BCUT2D eigenvalue weighted by Crippen LogP contribution is 2.21. The van der Waals surface area contributed by atoms with Gasteiger partial charge in [0.1, 0.15) is 17.1 Å². The molecule has 1 amide bonds. The van der Waals surface area contributed by atoms with Crippen LogP contribution in [0.3, 0.4) is 0 Å². The molecule has 0 saturated heterocycles. The molecule has 1 aromatic carbocycles. The lowest BCUT2D eigenvalue weighted by Crippen LogP contribution is -2.43. The van der Waals surface area contributed by atoms with E-state index in [4.69, 9.17) is 5.11 Å². The SMILES string of the molecule is CC(O)(CO)CNC(=O)c1cc(O)ccc1O. The first-order chi connectivity index (χ1) is 7.85. The Balaban J connectivity index is 2.74. The summed E-state index contributed by atoms with van der Waals surface area (Å²) >= 11 is 0. The number of phenols is 2. The number of carbonyl (C=O) groups is 1. The van der Waals surface area contributed by atoms with Crippen LogP contribution in [0.1, 0.15) is 17.3 Å². The molecule has 0 radical (unpaired) electrons. The van der Waals surface area contributed by atoms with Gasteiger partial charge in [0.2, 0.25) is 0 Å². The third-order valence-corrected chi connectivity index (χ3v) is 2.20. The van der Waals surface area contributed by atoms with Crippen LogP contribution in [0.25, 0.3) is 0 Å². The van der Waals surface area contributed by atoms with Crippen LogP contribution in [0.15, 0.2) is 18.2 Å². The zero-order chi connectivity index (χ0) is 13.1. The Morgan fingerprint density at radius 3 is 2.65 bits per heavy atom. The average Bonchev–Trinajstić information content (AvgIpc) is 2.29. The fourth-order valence-electron chi connectivity index (χ4n) is 1.13. The number of aliphatic hydroxyl groups excluding tert-OH is 1. The topological polar surface area (TPSA) is 110 Å². The zero-order valence-electron chi connectivity index (χ0n) is 9.34. The summed E-state index contributed by atoms with van der Waals surface area (Å²) in [6.45, 7) is 0.687. The van der Waals surface area contributed by atoms with Crippen molar-refractivity contribution in [3.8, 4) is 11.5 Å². The third-order valence-electron chi connectivity index (χ3n) is 2.20. The van der Waals surface area contributed by atoms with Crippen molar-refractivity contribution in [1.82, 2.24) is 5.32 Å². The number of rotatable bonds is 4. The molecule has 0 spiro atoms. The molecule has 6 nitrogen and oxygen atoms in total. The number of hydrogen-bond donors (Lipinski definition) is 5. The van der Waals surface area contributed by atoms with E-state index in [1.54, 1.807) is 0 Å². The fourth-order valence-corrected chi connectivity index (χ4v) is 1.13. The predicted molar refractivity (Wildman–Crippen MR) is 59.8 cm³/mol. The molecule has 17 heavy (non-hydrogen) atoms. The van der Waals surface area contributed by atoms with Gasteiger partial charge in [-0.15, -0.1) is 0 Å². The molecule has 0 aliphatic rings. The molecule has 1 unspecified atom stereocenters. The second-order valence-electron chi connectivity index (χ2n) is 4.04. The molecule has 1 rings (SSSR count). The number of phenolic OH excluding ortho intramolecular Hbond substituents is 2. The van der Waals surface area contributed by atoms with Crippen LogP contribution in [-0.4, -0.2) is 45.1 Å². The minimum Gasteiger partial charge on any atom is -0.508 e. The normalized spacial score (nSPS) is 14.1. The van der Waals surface area contributed by atoms with Gasteiger partial charge in [-0.3, -0.25) is 4.79 Å². The first kappa shape index (κ1) is 13.3. The fraction of sp³-hybridized carbons (Fsp3) is 0.364. The van der Waals surface area contributed by atoms with E-state index >= 15 is 0 Å². The molecule has 0 aromatic heterocycles. The maximum Gasteiger partial charge on any atom is 0.255 e. The van der Waals surface area contributed by atoms with Crippen LogP contribution >= 0.6 is 0 Å². The Morgan fingerprint density at radius 1 is 1.41 bits per heavy atom. The van der Waals surface area contributed by atoms with Crippen molar-refractivity contribution in [1.29, 1.82) is 0 Å². The summed E-state index contributed by atoms with van der Waals surface area (Å²) in [6.07, 6.45) is 0. The standard InChI is InChI=1S/C11H15NO5/c1-11(17,6-13)5-12-10(16)8-4-7(14)2-3-9(8)15/h2-4,13-15,17H,5-6H2,1H3,(H,12,16). The molecule has 0 bridgehead atoms. The molecule has 5 N–H and O–H groups in total. The van der Waals surface area contributed by atoms with Crippen LogP contribution in [0.2, 0.25) is 0 Å². The van der Waals surface area contributed by atoms with Crippen molar-refractivity contribution < 1.29 is 25.2 Å². The highest BCUT2D eigenvalue weighted by atomic mass is 16.3. The van der Waals surface area contributed by atoms with Crippen LogP contribution in [0.4, 0.5) is 0 Å². The van der Waals surface area contributed by atoms with E-state index in [0.29, 0.717) is 0 Å². The lowest BCUT2D eigenvalue weighted by atomic mass is 10.1. The number of nitrogens with one attached hydrogen (secondary N) is 1. The van der Waals surface area contributed by atoms with E-state index in [1.165, 1.54) is 19.1 Å². The highest BCUT2D eigenvalue weighted by Gasteiger charge is 2.21. The maximum absolute atomic E-state index is 11.6. The Labute approximate surface area is 98.1 Å². The van der Waals surface area contributed by atoms with Gasteiger partial charge in [0.15, 0.2) is 0 Å². The van der Waals surface area contributed by atoms with Gasteiger partial charge >= 0.3 is 0 Å². The summed E-state index contributed by atoms with van der Waals surface area (Å²) < 4.78 is 0. The number of amides is 1. The molecule has 1 atom stereocenters. The zero-order valence-corrected chi connectivity index (χ0v) is 9.34. The molecule has 0 saturated carbocycles. The van der Waals surface area contributed by atoms with Gasteiger partial charge in [-0.2, -0.15) is 0 Å². The minimum absolute atomic E-state index is 0.0984. The van der Waals surface area contributed by atoms with E-state index in [2.05, 4.69) is 5.32 Å². The van der Waals surface area contributed by atoms with Gasteiger partial charge in [-0.05, 0) is 25.1 Å². The second-order valence-corrected chi connectivity index (χ2v) is 4.04. The summed E-state index contributed by atoms with van der Waals surface area (Å²) in [7, 11) is 0. The third kappa shape index (κ3) is 3.61. The molecular weight excluding hydrogens is 226 g/mol. The number of carbonyl (C=O) groups excluding carboxylic acids is 1. The van der Waals surface area contributed by atoms with Gasteiger partial charge < -0.3 is 25.7 Å². The lowest BCUT2D eigenvalue weighted by Gasteiger charge is -2.20. The Bertz CT molecular complexity index is 416. The Hall–Kier alpha value is -1.79. The largest absolute Gasteiger partial charge is 0.508 e. The average molecular weight is 241 g/mol. The molecule has 0 aliphatic heterocycles. The number of aliphatic hydroxyl groups is 2. The Kier molecular flexibility index (Phi) is 3.93. The lowest BCUT2D eigenvalue weighted by molar-refractivity contribution is 0.00318.